The number of hydrogen-bond donors (Lipinski definition) is 0. The van der Waals surface area contributed by atoms with Gasteiger partial charge in [-0.15, -0.1) is 0 Å². The average Bonchev–Trinajstić information content (AvgIpc) is 2.48. The van der Waals surface area contributed by atoms with Gasteiger partial charge in [0.2, 0.25) is 0 Å². The zero-order valence-electron chi connectivity index (χ0n) is 10.4. The minimum Gasteiger partial charge on any atom is -0.493 e. The molecule has 0 fully saturated rings. The molecule has 1 heterocycles. The normalized spacial score (nSPS) is 9.60. The summed E-state index contributed by atoms with van der Waals surface area (Å²) in [5.41, 5.74) is 0.00815. The maximum Gasteiger partial charge on any atom is 0.273 e. The molecule has 0 atom stereocenters. The van der Waals surface area contributed by atoms with Crippen LogP contribution in [0.15, 0.2) is 36.5 Å². The topological polar surface area (TPSA) is 98.3 Å². The van der Waals surface area contributed by atoms with E-state index < -0.39 is 4.92 Å². The van der Waals surface area contributed by atoms with E-state index in [1.54, 1.807) is 12.1 Å². The van der Waals surface area contributed by atoms with Crippen molar-refractivity contribution in [1.82, 2.24) is 4.98 Å². The molecule has 7 nitrogen and oxygen atoms in total. The molecule has 0 saturated heterocycles. The lowest BCUT2D eigenvalue weighted by molar-refractivity contribution is -0.384. The van der Waals surface area contributed by atoms with Gasteiger partial charge >= 0.3 is 0 Å². The Morgan fingerprint density at radius 1 is 1.30 bits per heavy atom. The number of methoxy groups -OCH3 is 1. The Bertz CT molecular complexity index is 694. The number of nitriles is 1. The Labute approximate surface area is 114 Å². The first-order valence-corrected chi connectivity index (χ1v) is 5.51. The lowest BCUT2D eigenvalue weighted by Crippen LogP contribution is -1.95. The van der Waals surface area contributed by atoms with Gasteiger partial charge in [-0.05, 0) is 18.2 Å². The van der Waals surface area contributed by atoms with Gasteiger partial charge in [0.05, 0.1) is 18.1 Å². The van der Waals surface area contributed by atoms with E-state index in [-0.39, 0.29) is 28.6 Å². The Balaban J connectivity index is 2.39. The number of pyridine rings is 1. The van der Waals surface area contributed by atoms with Crippen molar-refractivity contribution in [2.45, 2.75) is 0 Å². The highest BCUT2D eigenvalue weighted by Gasteiger charge is 2.14. The van der Waals surface area contributed by atoms with Gasteiger partial charge in [0.25, 0.3) is 5.69 Å². The van der Waals surface area contributed by atoms with Gasteiger partial charge in [0.1, 0.15) is 6.07 Å². The number of aromatic nitrogens is 1. The number of nitro groups is 1. The lowest BCUT2D eigenvalue weighted by Gasteiger charge is -2.10. The fraction of sp³-hybridized carbons (Fsp3) is 0.0769. The summed E-state index contributed by atoms with van der Waals surface area (Å²) in [5.74, 6) is 0.719. The van der Waals surface area contributed by atoms with Crippen LogP contribution in [0.1, 0.15) is 5.69 Å². The largest absolute Gasteiger partial charge is 0.493 e. The van der Waals surface area contributed by atoms with Gasteiger partial charge in [-0.1, -0.05) is 0 Å². The minimum atomic E-state index is -0.531. The van der Waals surface area contributed by atoms with Crippen LogP contribution >= 0.6 is 0 Å². The first kappa shape index (κ1) is 13.3. The van der Waals surface area contributed by atoms with Crippen molar-refractivity contribution in [1.29, 1.82) is 5.26 Å². The maximum absolute atomic E-state index is 10.7. The van der Waals surface area contributed by atoms with Gasteiger partial charge in [-0.25, -0.2) is 4.98 Å². The SMILES string of the molecule is COc1cc([N+](=O)[O-])ccc1Oc1cccnc1C#N. The molecular formula is C13H9N3O4. The van der Waals surface area contributed by atoms with Gasteiger partial charge in [0.15, 0.2) is 22.9 Å². The third-order valence-electron chi connectivity index (χ3n) is 2.45. The van der Waals surface area contributed by atoms with Crippen molar-refractivity contribution in [2.24, 2.45) is 0 Å². The number of benzene rings is 1. The van der Waals surface area contributed by atoms with Gasteiger partial charge in [-0.2, -0.15) is 5.26 Å². The Kier molecular flexibility index (Phi) is 3.77. The fourth-order valence-corrected chi connectivity index (χ4v) is 1.53. The number of nitrogens with zero attached hydrogens (tertiary/aromatic N) is 3. The number of ether oxygens (including phenoxy) is 2. The predicted molar refractivity (Wildman–Crippen MR) is 68.7 cm³/mol. The monoisotopic (exact) mass is 271 g/mol. The molecule has 7 heteroatoms. The van der Waals surface area contributed by atoms with E-state index >= 15 is 0 Å². The Morgan fingerprint density at radius 3 is 2.75 bits per heavy atom. The third kappa shape index (κ3) is 2.64. The molecule has 1 aromatic carbocycles. The lowest BCUT2D eigenvalue weighted by atomic mass is 10.2. The number of rotatable bonds is 4. The first-order valence-electron chi connectivity index (χ1n) is 5.51. The van der Waals surface area contributed by atoms with Gasteiger partial charge in [0, 0.05) is 12.3 Å². The molecule has 0 spiro atoms. The van der Waals surface area contributed by atoms with E-state index in [4.69, 9.17) is 14.7 Å². The van der Waals surface area contributed by atoms with Crippen LogP contribution in [0.4, 0.5) is 5.69 Å². The molecule has 0 unspecified atom stereocenters. The summed E-state index contributed by atoms with van der Waals surface area (Å²) in [4.78, 5) is 14.0. The highest BCUT2D eigenvalue weighted by Crippen LogP contribution is 2.35. The van der Waals surface area contributed by atoms with Crippen LogP contribution in [0.3, 0.4) is 0 Å². The highest BCUT2D eigenvalue weighted by atomic mass is 16.6. The van der Waals surface area contributed by atoms with Crippen molar-refractivity contribution >= 4 is 5.69 Å². The van der Waals surface area contributed by atoms with Gasteiger partial charge < -0.3 is 9.47 Å². The summed E-state index contributed by atoms with van der Waals surface area (Å²) in [6.45, 7) is 0. The number of hydrogen-bond acceptors (Lipinski definition) is 6. The molecule has 2 rings (SSSR count). The predicted octanol–water partition coefficient (Wildman–Crippen LogP) is 2.66. The summed E-state index contributed by atoms with van der Waals surface area (Å²) in [7, 11) is 1.38. The van der Waals surface area contributed by atoms with Crippen molar-refractivity contribution in [3.8, 4) is 23.3 Å². The number of nitro benzene ring substituents is 1. The van der Waals surface area contributed by atoms with Crippen LogP contribution in [0.2, 0.25) is 0 Å². The summed E-state index contributed by atoms with van der Waals surface area (Å²) in [6, 6.07) is 9.04. The molecule has 1 aromatic heterocycles. The summed E-state index contributed by atoms with van der Waals surface area (Å²) < 4.78 is 10.6. The van der Waals surface area contributed by atoms with E-state index in [2.05, 4.69) is 4.98 Å². The first-order chi connectivity index (χ1) is 9.65. The second-order valence-electron chi connectivity index (χ2n) is 3.66. The van der Waals surface area contributed by atoms with Crippen molar-refractivity contribution in [3.05, 3.63) is 52.3 Å². The third-order valence-corrected chi connectivity index (χ3v) is 2.45. The van der Waals surface area contributed by atoms with Crippen LogP contribution in [0.5, 0.6) is 17.2 Å². The Morgan fingerprint density at radius 2 is 2.10 bits per heavy atom. The van der Waals surface area contributed by atoms with E-state index in [1.807, 2.05) is 6.07 Å². The zero-order valence-corrected chi connectivity index (χ0v) is 10.4. The van der Waals surface area contributed by atoms with Crippen molar-refractivity contribution in [2.75, 3.05) is 7.11 Å². The second-order valence-corrected chi connectivity index (χ2v) is 3.66. The van der Waals surface area contributed by atoms with Crippen LogP contribution in [-0.2, 0) is 0 Å². The van der Waals surface area contributed by atoms with E-state index in [0.717, 1.165) is 0 Å². The van der Waals surface area contributed by atoms with Crippen molar-refractivity contribution in [3.63, 3.8) is 0 Å². The van der Waals surface area contributed by atoms with Crippen LogP contribution < -0.4 is 9.47 Å². The Hall–Kier alpha value is -3.14. The molecule has 0 N–H and O–H groups in total. The molecule has 0 bridgehead atoms. The average molecular weight is 271 g/mol. The molecule has 0 aliphatic heterocycles. The summed E-state index contributed by atoms with van der Waals surface area (Å²) in [6.07, 6.45) is 1.47. The molecule has 0 saturated carbocycles. The maximum atomic E-state index is 10.7. The van der Waals surface area contributed by atoms with Crippen molar-refractivity contribution < 1.29 is 14.4 Å². The zero-order chi connectivity index (χ0) is 14.5. The molecule has 0 amide bonds. The summed E-state index contributed by atoms with van der Waals surface area (Å²) in [5, 5.41) is 19.6. The molecule has 0 radical (unpaired) electrons. The van der Waals surface area contributed by atoms with E-state index in [0.29, 0.717) is 0 Å². The highest BCUT2D eigenvalue weighted by molar-refractivity contribution is 5.51. The minimum absolute atomic E-state index is 0.110. The van der Waals surface area contributed by atoms with Crippen LogP contribution in [0, 0.1) is 21.4 Å². The van der Waals surface area contributed by atoms with Crippen LogP contribution in [0.25, 0.3) is 0 Å². The molecule has 0 aliphatic carbocycles. The molecular weight excluding hydrogens is 262 g/mol. The van der Waals surface area contributed by atoms with E-state index in [9.17, 15) is 10.1 Å². The fourth-order valence-electron chi connectivity index (χ4n) is 1.53. The molecule has 2 aromatic rings. The van der Waals surface area contributed by atoms with Crippen LogP contribution in [-0.4, -0.2) is 17.0 Å². The van der Waals surface area contributed by atoms with Gasteiger partial charge in [-0.3, -0.25) is 10.1 Å². The quantitative estimate of drug-likeness (QED) is 0.626. The standard InChI is InChI=1S/C13H9N3O4/c1-19-13-7-9(16(17)18)4-5-12(13)20-11-3-2-6-15-10(11)8-14/h2-7H,1H3. The number of non-ortho nitro benzene ring substituents is 1. The smallest absolute Gasteiger partial charge is 0.273 e. The second kappa shape index (κ2) is 5.67. The molecule has 0 aliphatic rings. The van der Waals surface area contributed by atoms with E-state index in [1.165, 1.54) is 31.5 Å². The summed E-state index contributed by atoms with van der Waals surface area (Å²) >= 11 is 0. The molecule has 20 heavy (non-hydrogen) atoms. The molecule has 100 valence electrons.